The van der Waals surface area contributed by atoms with Crippen LogP contribution in [0.3, 0.4) is 0 Å². The third kappa shape index (κ3) is 3.80. The van der Waals surface area contributed by atoms with Crippen molar-refractivity contribution in [3.05, 3.63) is 66.2 Å². The minimum absolute atomic E-state index is 0.00383. The molecule has 1 aliphatic heterocycles. The molecule has 0 saturated carbocycles. The van der Waals surface area contributed by atoms with Crippen molar-refractivity contribution >= 4 is 21.6 Å². The molecule has 0 radical (unpaired) electrons. The van der Waals surface area contributed by atoms with E-state index in [1.54, 1.807) is 48.5 Å². The van der Waals surface area contributed by atoms with Crippen LogP contribution >= 0.6 is 0 Å². The lowest BCUT2D eigenvalue weighted by molar-refractivity contribution is 0.102. The third-order valence-electron chi connectivity index (χ3n) is 4.69. The summed E-state index contributed by atoms with van der Waals surface area (Å²) >= 11 is 0. The first kappa shape index (κ1) is 20.7. The van der Waals surface area contributed by atoms with E-state index in [9.17, 15) is 13.2 Å². The molecule has 0 saturated heterocycles. The maximum Gasteiger partial charge on any atom is 0.259 e. The van der Waals surface area contributed by atoms with Gasteiger partial charge in [0.25, 0.3) is 5.91 Å². The number of methoxy groups -OCH3 is 1. The zero-order valence-corrected chi connectivity index (χ0v) is 17.9. The number of benzene rings is 3. The highest BCUT2D eigenvalue weighted by Gasteiger charge is 2.30. The van der Waals surface area contributed by atoms with Gasteiger partial charge < -0.3 is 19.5 Å². The van der Waals surface area contributed by atoms with Crippen molar-refractivity contribution in [1.82, 2.24) is 4.31 Å². The second-order valence-corrected chi connectivity index (χ2v) is 9.01. The van der Waals surface area contributed by atoms with Gasteiger partial charge >= 0.3 is 0 Å². The summed E-state index contributed by atoms with van der Waals surface area (Å²) in [5.41, 5.74) is 0.553. The maximum absolute atomic E-state index is 13.0. The molecule has 1 aliphatic rings. The Morgan fingerprint density at radius 3 is 2.29 bits per heavy atom. The van der Waals surface area contributed by atoms with Crippen molar-refractivity contribution in [1.29, 1.82) is 0 Å². The summed E-state index contributed by atoms with van der Waals surface area (Å²) in [5.74, 6) is 0.863. The minimum Gasteiger partial charge on any atom is -0.493 e. The SMILES string of the molecule is COc1ccccc1Oc1cc2c(cc1S(=O)(=O)N(C)C)C(=O)Nc1ccccc1O2. The number of nitrogens with zero attached hydrogens (tertiary/aromatic N) is 1. The molecule has 9 heteroatoms. The van der Waals surface area contributed by atoms with Crippen molar-refractivity contribution < 1.29 is 27.4 Å². The van der Waals surface area contributed by atoms with Gasteiger partial charge in [-0.3, -0.25) is 4.79 Å². The molecule has 4 rings (SSSR count). The smallest absolute Gasteiger partial charge is 0.259 e. The quantitative estimate of drug-likeness (QED) is 0.642. The lowest BCUT2D eigenvalue weighted by atomic mass is 10.1. The molecule has 3 aromatic rings. The van der Waals surface area contributed by atoms with Crippen LogP contribution in [0.15, 0.2) is 65.6 Å². The summed E-state index contributed by atoms with van der Waals surface area (Å²) in [6.07, 6.45) is 0. The van der Waals surface area contributed by atoms with Gasteiger partial charge in [-0.1, -0.05) is 24.3 Å². The molecular formula is C22H20N2O6S. The number of hydrogen-bond acceptors (Lipinski definition) is 6. The predicted octanol–water partition coefficient (Wildman–Crippen LogP) is 4.10. The average Bonchev–Trinajstić information content (AvgIpc) is 2.88. The van der Waals surface area contributed by atoms with Crippen LogP contribution < -0.4 is 19.5 Å². The van der Waals surface area contributed by atoms with Gasteiger partial charge in [0.1, 0.15) is 10.6 Å². The van der Waals surface area contributed by atoms with Crippen LogP contribution in [-0.4, -0.2) is 39.8 Å². The van der Waals surface area contributed by atoms with Gasteiger partial charge in [-0.2, -0.15) is 0 Å². The highest BCUT2D eigenvalue weighted by molar-refractivity contribution is 7.89. The molecule has 0 spiro atoms. The number of hydrogen-bond donors (Lipinski definition) is 1. The molecule has 0 atom stereocenters. The number of amides is 1. The van der Waals surface area contributed by atoms with Crippen LogP contribution in [0.1, 0.15) is 10.4 Å². The Bertz CT molecular complexity index is 1270. The van der Waals surface area contributed by atoms with Crippen molar-refractivity contribution in [3.8, 4) is 28.7 Å². The number of nitrogens with one attached hydrogen (secondary N) is 1. The Morgan fingerprint density at radius 2 is 1.58 bits per heavy atom. The van der Waals surface area contributed by atoms with Gasteiger partial charge in [-0.15, -0.1) is 0 Å². The van der Waals surface area contributed by atoms with E-state index in [1.165, 1.54) is 33.3 Å². The molecule has 0 unspecified atom stereocenters. The molecule has 0 bridgehead atoms. The maximum atomic E-state index is 13.0. The standard InChI is InChI=1S/C22H20N2O6S/c1-24(2)31(26,27)21-12-14-19(29-16-9-5-4-8-15(16)23-22(14)25)13-20(21)30-18-11-7-6-10-17(18)28-3/h4-13H,1-3H3,(H,23,25). The number of ether oxygens (including phenoxy) is 3. The minimum atomic E-state index is -3.95. The van der Waals surface area contributed by atoms with Gasteiger partial charge in [0.05, 0.1) is 18.4 Å². The van der Waals surface area contributed by atoms with Crippen LogP contribution in [0.5, 0.6) is 28.7 Å². The lowest BCUT2D eigenvalue weighted by Gasteiger charge is -2.18. The summed E-state index contributed by atoms with van der Waals surface area (Å²) < 4.78 is 44.3. The Morgan fingerprint density at radius 1 is 0.903 bits per heavy atom. The van der Waals surface area contributed by atoms with E-state index in [4.69, 9.17) is 14.2 Å². The fraction of sp³-hybridized carbons (Fsp3) is 0.136. The zero-order chi connectivity index (χ0) is 22.2. The Labute approximate surface area is 180 Å². The summed E-state index contributed by atoms with van der Waals surface area (Å²) in [6, 6.07) is 16.4. The van der Waals surface area contributed by atoms with Gasteiger partial charge in [-0.05, 0) is 30.3 Å². The summed E-state index contributed by atoms with van der Waals surface area (Å²) in [7, 11) is 0.342. The number of sulfonamides is 1. The van der Waals surface area contributed by atoms with Crippen molar-refractivity contribution in [2.45, 2.75) is 4.90 Å². The number of anilines is 1. The van der Waals surface area contributed by atoms with Crippen LogP contribution in [0.4, 0.5) is 5.69 Å². The first-order chi connectivity index (χ1) is 14.8. The normalized spacial score (nSPS) is 12.8. The van der Waals surface area contributed by atoms with Crippen molar-refractivity contribution in [3.63, 3.8) is 0 Å². The van der Waals surface area contributed by atoms with Gasteiger partial charge in [0.15, 0.2) is 23.0 Å². The average molecular weight is 440 g/mol. The zero-order valence-electron chi connectivity index (χ0n) is 17.1. The molecule has 1 N–H and O–H groups in total. The van der Waals surface area contributed by atoms with Crippen molar-refractivity contribution in [2.24, 2.45) is 0 Å². The monoisotopic (exact) mass is 440 g/mol. The van der Waals surface area contributed by atoms with Crippen LogP contribution in [0.2, 0.25) is 0 Å². The molecule has 8 nitrogen and oxygen atoms in total. The molecule has 0 aromatic heterocycles. The predicted molar refractivity (Wildman–Crippen MR) is 115 cm³/mol. The third-order valence-corrected chi connectivity index (χ3v) is 6.53. The first-order valence-electron chi connectivity index (χ1n) is 9.31. The van der Waals surface area contributed by atoms with Crippen LogP contribution in [-0.2, 0) is 10.0 Å². The molecule has 0 aliphatic carbocycles. The second kappa shape index (κ2) is 7.93. The highest BCUT2D eigenvalue weighted by Crippen LogP contribution is 2.42. The van der Waals surface area contributed by atoms with Gasteiger partial charge in [0.2, 0.25) is 10.0 Å². The largest absolute Gasteiger partial charge is 0.493 e. The molecule has 3 aromatic carbocycles. The molecule has 160 valence electrons. The molecule has 0 fully saturated rings. The summed E-state index contributed by atoms with van der Waals surface area (Å²) in [6.45, 7) is 0. The topological polar surface area (TPSA) is 94.2 Å². The van der Waals surface area contributed by atoms with Crippen molar-refractivity contribution in [2.75, 3.05) is 26.5 Å². The van der Waals surface area contributed by atoms with E-state index in [0.717, 1.165) is 4.31 Å². The van der Waals surface area contributed by atoms with E-state index in [-0.39, 0.29) is 22.0 Å². The Kier molecular flexibility index (Phi) is 5.30. The van der Waals surface area contributed by atoms with Gasteiger partial charge in [-0.25, -0.2) is 12.7 Å². The number of fused-ring (bicyclic) bond motifs is 2. The Hall–Kier alpha value is -3.56. The Balaban J connectivity index is 1.91. The first-order valence-corrected chi connectivity index (χ1v) is 10.7. The fourth-order valence-corrected chi connectivity index (χ4v) is 4.08. The lowest BCUT2D eigenvalue weighted by Crippen LogP contribution is -2.23. The number of rotatable bonds is 5. The van der Waals surface area contributed by atoms with E-state index in [2.05, 4.69) is 5.32 Å². The number of para-hydroxylation sites is 4. The molecule has 1 heterocycles. The highest BCUT2D eigenvalue weighted by atomic mass is 32.2. The summed E-state index contributed by atoms with van der Waals surface area (Å²) in [5, 5.41) is 2.74. The number of carbonyl (C=O) groups excluding carboxylic acids is 1. The fourth-order valence-electron chi connectivity index (χ4n) is 3.07. The van der Waals surface area contributed by atoms with E-state index in [0.29, 0.717) is 22.9 Å². The van der Waals surface area contributed by atoms with E-state index in [1.807, 2.05) is 0 Å². The molecule has 31 heavy (non-hydrogen) atoms. The molecule has 1 amide bonds. The second-order valence-electron chi connectivity index (χ2n) is 6.89. The summed E-state index contributed by atoms with van der Waals surface area (Å²) in [4.78, 5) is 12.7. The number of carbonyl (C=O) groups is 1. The van der Waals surface area contributed by atoms with E-state index < -0.39 is 15.9 Å². The molecular weight excluding hydrogens is 420 g/mol. The van der Waals surface area contributed by atoms with Gasteiger partial charge in [0, 0.05) is 20.2 Å². The van der Waals surface area contributed by atoms with Crippen LogP contribution in [0.25, 0.3) is 0 Å². The van der Waals surface area contributed by atoms with Crippen LogP contribution in [0, 0.1) is 0 Å². The van der Waals surface area contributed by atoms with E-state index >= 15 is 0 Å².